The maximum absolute atomic E-state index is 13.4. The number of hydrogen-bond donors (Lipinski definition) is 2. The number of amides is 3. The van der Waals surface area contributed by atoms with E-state index in [0.717, 1.165) is 11.1 Å². The van der Waals surface area contributed by atoms with Crippen molar-refractivity contribution in [2.75, 3.05) is 13.2 Å². The molecule has 2 N–H and O–H groups in total. The number of rotatable bonds is 10. The maximum atomic E-state index is 13.4. The molecule has 3 aromatic carbocycles. The molecule has 1 aliphatic heterocycles. The van der Waals surface area contributed by atoms with E-state index < -0.39 is 29.4 Å². The second kappa shape index (κ2) is 17.2. The molecule has 14 heteroatoms. The third-order valence-corrected chi connectivity index (χ3v) is 7.55. The quantitative estimate of drug-likeness (QED) is 0.0753. The molecular weight excluding hydrogens is 696 g/mol. The van der Waals surface area contributed by atoms with Crippen LogP contribution in [0.25, 0.3) is 0 Å². The van der Waals surface area contributed by atoms with E-state index in [4.69, 9.17) is 18.9 Å². The van der Waals surface area contributed by atoms with Crippen LogP contribution in [0.4, 0.5) is 15.3 Å². The number of ether oxygens (including phenoxy) is 4. The number of Topliss-reactive ketones (excluding diaryl/α,β-unsaturated/α-hetero) is 2. The van der Waals surface area contributed by atoms with Crippen molar-refractivity contribution >= 4 is 47.3 Å². The maximum Gasteiger partial charge on any atom is 0.414 e. The number of alkyl carbamates (subject to hydrolysis) is 2. The third-order valence-electron chi connectivity index (χ3n) is 7.55. The largest absolute Gasteiger partial charge is 0.492 e. The molecule has 0 aliphatic carbocycles. The fourth-order valence-corrected chi connectivity index (χ4v) is 5.29. The second-order valence-electron chi connectivity index (χ2n) is 14.8. The number of guanidine groups is 1. The molecular formula is C40H46N4O10. The Morgan fingerprint density at radius 3 is 2.02 bits per heavy atom. The van der Waals surface area contributed by atoms with Crippen molar-refractivity contribution in [2.24, 2.45) is 4.99 Å². The van der Waals surface area contributed by atoms with Crippen molar-refractivity contribution < 1.29 is 47.7 Å². The lowest BCUT2D eigenvalue weighted by molar-refractivity contribution is -0.135. The molecule has 0 bridgehead atoms. The van der Waals surface area contributed by atoms with Gasteiger partial charge in [0.05, 0.1) is 24.4 Å². The van der Waals surface area contributed by atoms with E-state index in [1.54, 1.807) is 84.0 Å². The highest BCUT2D eigenvalue weighted by Gasteiger charge is 2.30. The lowest BCUT2D eigenvalue weighted by Gasteiger charge is -2.23. The zero-order valence-corrected chi connectivity index (χ0v) is 31.7. The molecule has 1 atom stereocenters. The van der Waals surface area contributed by atoms with Crippen molar-refractivity contribution in [1.29, 1.82) is 0 Å². The van der Waals surface area contributed by atoms with Gasteiger partial charge in [0.25, 0.3) is 0 Å². The van der Waals surface area contributed by atoms with Crippen LogP contribution in [-0.4, -0.2) is 70.8 Å². The zero-order valence-electron chi connectivity index (χ0n) is 31.7. The first kappa shape index (κ1) is 40.7. The predicted molar refractivity (Wildman–Crippen MR) is 199 cm³/mol. The molecule has 0 spiro atoms. The van der Waals surface area contributed by atoms with Gasteiger partial charge < -0.3 is 23.8 Å². The fraction of sp³-hybridized carbons (Fsp3) is 0.375. The molecule has 0 radical (unpaired) electrons. The molecule has 54 heavy (non-hydrogen) atoms. The molecule has 3 aromatic rings. The number of aliphatic imine (C=N–C) groups is 1. The van der Waals surface area contributed by atoms with E-state index in [-0.39, 0.29) is 72.5 Å². The number of benzene rings is 3. The third kappa shape index (κ3) is 12.6. The van der Waals surface area contributed by atoms with Crippen LogP contribution in [0.5, 0.6) is 11.5 Å². The summed E-state index contributed by atoms with van der Waals surface area (Å²) in [6, 6.07) is 17.8. The van der Waals surface area contributed by atoms with Crippen molar-refractivity contribution in [1.82, 2.24) is 15.5 Å². The second-order valence-corrected chi connectivity index (χ2v) is 14.8. The Bertz CT molecular complexity index is 1910. The molecule has 1 aliphatic rings. The summed E-state index contributed by atoms with van der Waals surface area (Å²) in [7, 11) is 0. The summed E-state index contributed by atoms with van der Waals surface area (Å²) in [5.41, 5.74) is 0.899. The van der Waals surface area contributed by atoms with E-state index in [9.17, 15) is 28.8 Å². The van der Waals surface area contributed by atoms with Gasteiger partial charge in [0, 0.05) is 36.1 Å². The molecule has 0 fully saturated rings. The lowest BCUT2D eigenvalue weighted by atomic mass is 9.97. The zero-order chi connectivity index (χ0) is 39.8. The number of carbonyl (C=O) groups excluding carboxylic acids is 6. The summed E-state index contributed by atoms with van der Waals surface area (Å²) in [4.78, 5) is 80.9. The summed E-state index contributed by atoms with van der Waals surface area (Å²) >= 11 is 0. The van der Waals surface area contributed by atoms with Crippen LogP contribution in [0.3, 0.4) is 0 Å². The summed E-state index contributed by atoms with van der Waals surface area (Å²) in [6.07, 6.45) is -1.61. The first-order chi connectivity index (χ1) is 25.2. The van der Waals surface area contributed by atoms with Gasteiger partial charge in [0.1, 0.15) is 28.5 Å². The summed E-state index contributed by atoms with van der Waals surface area (Å²) in [6.45, 7) is 13.3. The smallest absolute Gasteiger partial charge is 0.414 e. The highest BCUT2D eigenvalue weighted by molar-refractivity contribution is 6.02. The van der Waals surface area contributed by atoms with Gasteiger partial charge >= 0.3 is 18.2 Å². The highest BCUT2D eigenvalue weighted by Crippen LogP contribution is 2.39. The Morgan fingerprint density at radius 2 is 1.44 bits per heavy atom. The van der Waals surface area contributed by atoms with Crippen LogP contribution in [-0.2, 0) is 25.6 Å². The molecule has 0 aromatic heterocycles. The Morgan fingerprint density at radius 1 is 0.815 bits per heavy atom. The topological polar surface area (TPSA) is 179 Å². The Hall–Kier alpha value is -6.05. The van der Waals surface area contributed by atoms with Crippen LogP contribution < -0.4 is 20.1 Å². The summed E-state index contributed by atoms with van der Waals surface area (Å²) in [5, 5.41) is 4.80. The number of carbonyl (C=O) groups is 6. The van der Waals surface area contributed by atoms with Gasteiger partial charge in [-0.05, 0) is 97.4 Å². The fourth-order valence-electron chi connectivity index (χ4n) is 5.29. The van der Waals surface area contributed by atoms with Crippen molar-refractivity contribution in [3.8, 4) is 11.5 Å². The average molecular weight is 743 g/mol. The first-order valence-electron chi connectivity index (χ1n) is 17.3. The lowest BCUT2D eigenvalue weighted by Crippen LogP contribution is -2.47. The monoisotopic (exact) mass is 742 g/mol. The van der Waals surface area contributed by atoms with Crippen LogP contribution in [0.2, 0.25) is 0 Å². The van der Waals surface area contributed by atoms with Gasteiger partial charge in [-0.15, -0.1) is 0 Å². The molecule has 0 saturated carbocycles. The number of fused-ring (bicyclic) bond motifs is 1. The van der Waals surface area contributed by atoms with Gasteiger partial charge in [-0.2, -0.15) is 0 Å². The molecule has 3 amide bonds. The van der Waals surface area contributed by atoms with E-state index >= 15 is 0 Å². The summed E-state index contributed by atoms with van der Waals surface area (Å²) in [5.74, 6) is -1.01. The van der Waals surface area contributed by atoms with E-state index in [1.165, 1.54) is 43.0 Å². The minimum absolute atomic E-state index is 0.0705. The van der Waals surface area contributed by atoms with Crippen LogP contribution in [0.15, 0.2) is 71.7 Å². The van der Waals surface area contributed by atoms with Gasteiger partial charge in [0.2, 0.25) is 11.9 Å². The van der Waals surface area contributed by atoms with Crippen LogP contribution in [0.1, 0.15) is 99.6 Å². The minimum atomic E-state index is -0.850. The molecule has 4 rings (SSSR count). The minimum Gasteiger partial charge on any atom is -0.492 e. The number of esters is 1. The normalized spacial score (nSPS) is 13.4. The summed E-state index contributed by atoms with van der Waals surface area (Å²) < 4.78 is 22.0. The van der Waals surface area contributed by atoms with E-state index in [2.05, 4.69) is 15.6 Å². The van der Waals surface area contributed by atoms with E-state index in [1.807, 2.05) is 0 Å². The predicted octanol–water partition coefficient (Wildman–Crippen LogP) is 6.63. The number of ketones is 2. The molecule has 286 valence electrons. The first-order valence-corrected chi connectivity index (χ1v) is 17.3. The van der Waals surface area contributed by atoms with Gasteiger partial charge in [-0.3, -0.25) is 25.0 Å². The average Bonchev–Trinajstić information content (AvgIpc) is 3.44. The Balaban J connectivity index is 1.41. The molecule has 1 unspecified atom stereocenters. The number of nitrogens with one attached hydrogen (secondary N) is 2. The molecule has 14 nitrogen and oxygen atoms in total. The van der Waals surface area contributed by atoms with Gasteiger partial charge in [-0.1, -0.05) is 24.3 Å². The highest BCUT2D eigenvalue weighted by atomic mass is 16.6. The van der Waals surface area contributed by atoms with Crippen LogP contribution in [0, 0.1) is 0 Å². The Kier molecular flexibility index (Phi) is 13.0. The number of nitrogens with zero attached hydrogens (tertiary/aromatic N) is 2. The van der Waals surface area contributed by atoms with Crippen molar-refractivity contribution in [2.45, 2.75) is 85.5 Å². The number of hydrogen-bond acceptors (Lipinski definition) is 11. The molecule has 1 heterocycles. The van der Waals surface area contributed by atoms with Crippen molar-refractivity contribution in [3.63, 3.8) is 0 Å². The standard InChI is InChI=1S/C40H46N4O10/c1-24(45)21-44(22-26-10-9-11-28(18-26)25(2)46)34(47)19-29-23-51-33-20-31(16-17-32(29)33)52-35(48)27-12-14-30(15-13-27)41-36(42-37(49)53-39(3,4)5)43-38(50)54-40(6,7)8/h9-18,20,29H,19,21-23H2,1-8H3,(H2,41,42,43,49,50). The Labute approximate surface area is 314 Å². The van der Waals surface area contributed by atoms with Crippen molar-refractivity contribution in [3.05, 3.63) is 89.0 Å². The SMILES string of the molecule is CC(=O)CN(Cc1cccc(C(C)=O)c1)C(=O)CC1COc2cc(OC(=O)c3ccc(N=C(NC(=O)OC(C)(C)C)NC(=O)OC(C)(C)C)cc3)ccc21. The van der Waals surface area contributed by atoms with Gasteiger partial charge in [0.15, 0.2) is 5.78 Å². The molecule has 0 saturated heterocycles. The van der Waals surface area contributed by atoms with Gasteiger partial charge in [-0.25, -0.2) is 19.4 Å². The van der Waals surface area contributed by atoms with E-state index in [0.29, 0.717) is 11.3 Å². The van der Waals surface area contributed by atoms with Crippen LogP contribution >= 0.6 is 0 Å².